The standard InChI is InChI=1S/C6H2Br2N2O/c7-3-1-2-4(8)6-5(3)9-11-10-6/h1-2H. The van der Waals surface area contributed by atoms with Gasteiger partial charge in [0.05, 0.1) is 0 Å². The van der Waals surface area contributed by atoms with Crippen LogP contribution in [0, 0.1) is 0 Å². The van der Waals surface area contributed by atoms with Crippen molar-refractivity contribution in [3.8, 4) is 0 Å². The molecule has 56 valence electrons. The van der Waals surface area contributed by atoms with Crippen molar-refractivity contribution in [2.45, 2.75) is 0 Å². The van der Waals surface area contributed by atoms with Crippen molar-refractivity contribution in [3.63, 3.8) is 0 Å². The zero-order valence-electron chi connectivity index (χ0n) is 5.21. The number of rotatable bonds is 0. The van der Waals surface area contributed by atoms with Gasteiger partial charge < -0.3 is 0 Å². The van der Waals surface area contributed by atoms with E-state index in [0.717, 1.165) is 20.0 Å². The SMILES string of the molecule is Brc1ccc(Br)c2nonc12. The van der Waals surface area contributed by atoms with Crippen LogP contribution >= 0.6 is 31.9 Å². The van der Waals surface area contributed by atoms with Crippen LogP contribution in [0.1, 0.15) is 0 Å². The fraction of sp³-hybridized carbons (Fsp3) is 0. The molecule has 0 saturated heterocycles. The predicted octanol–water partition coefficient (Wildman–Crippen LogP) is 2.75. The molecule has 0 aliphatic carbocycles. The Morgan fingerprint density at radius 2 is 1.45 bits per heavy atom. The number of fused-ring (bicyclic) bond motifs is 1. The molecule has 1 aromatic carbocycles. The summed E-state index contributed by atoms with van der Waals surface area (Å²) in [5.74, 6) is 0. The fourth-order valence-corrected chi connectivity index (χ4v) is 1.59. The molecule has 0 unspecified atom stereocenters. The van der Waals surface area contributed by atoms with Crippen molar-refractivity contribution in [1.29, 1.82) is 0 Å². The highest BCUT2D eigenvalue weighted by Gasteiger charge is 2.06. The average molecular weight is 278 g/mol. The molecule has 0 saturated carbocycles. The van der Waals surface area contributed by atoms with Gasteiger partial charge in [0.15, 0.2) is 11.0 Å². The van der Waals surface area contributed by atoms with Gasteiger partial charge in [-0.1, -0.05) is 0 Å². The van der Waals surface area contributed by atoms with Crippen LogP contribution in [0.15, 0.2) is 25.7 Å². The van der Waals surface area contributed by atoms with Crippen LogP contribution in [0.3, 0.4) is 0 Å². The van der Waals surface area contributed by atoms with E-state index in [9.17, 15) is 0 Å². The highest BCUT2D eigenvalue weighted by atomic mass is 79.9. The maximum absolute atomic E-state index is 4.57. The van der Waals surface area contributed by atoms with Crippen molar-refractivity contribution < 1.29 is 4.63 Å². The molecule has 0 radical (unpaired) electrons. The molecule has 0 fully saturated rings. The predicted molar refractivity (Wildman–Crippen MR) is 47.2 cm³/mol. The Morgan fingerprint density at radius 1 is 1.00 bits per heavy atom. The monoisotopic (exact) mass is 276 g/mol. The van der Waals surface area contributed by atoms with E-state index in [1.165, 1.54) is 0 Å². The maximum atomic E-state index is 4.57. The first-order valence-corrected chi connectivity index (χ1v) is 4.44. The summed E-state index contributed by atoms with van der Waals surface area (Å²) in [6.45, 7) is 0. The van der Waals surface area contributed by atoms with Crippen LogP contribution in [0.2, 0.25) is 0 Å². The van der Waals surface area contributed by atoms with E-state index in [1.807, 2.05) is 12.1 Å². The molecule has 0 bridgehead atoms. The lowest BCUT2D eigenvalue weighted by Gasteiger charge is -1.90. The Kier molecular flexibility index (Phi) is 1.69. The van der Waals surface area contributed by atoms with Crippen LogP contribution in [-0.4, -0.2) is 10.3 Å². The van der Waals surface area contributed by atoms with Crippen molar-refractivity contribution in [1.82, 2.24) is 10.3 Å². The molecule has 0 spiro atoms. The zero-order chi connectivity index (χ0) is 7.84. The number of hydrogen-bond acceptors (Lipinski definition) is 3. The van der Waals surface area contributed by atoms with Crippen LogP contribution in [0.4, 0.5) is 0 Å². The molecule has 2 aromatic rings. The van der Waals surface area contributed by atoms with Crippen LogP contribution in [0.25, 0.3) is 11.0 Å². The third-order valence-corrected chi connectivity index (χ3v) is 2.60. The molecule has 0 amide bonds. The largest absolute Gasteiger partial charge is 0.243 e. The Balaban J connectivity index is 2.96. The second-order valence-electron chi connectivity index (χ2n) is 1.99. The molecular weight excluding hydrogens is 276 g/mol. The normalized spacial score (nSPS) is 10.7. The maximum Gasteiger partial charge on any atom is 0.150 e. The van der Waals surface area contributed by atoms with Gasteiger partial charge in [-0.2, -0.15) is 0 Å². The minimum absolute atomic E-state index is 0.736. The summed E-state index contributed by atoms with van der Waals surface area (Å²) in [5.41, 5.74) is 1.47. The minimum atomic E-state index is 0.736. The van der Waals surface area contributed by atoms with Gasteiger partial charge in [0, 0.05) is 8.95 Å². The zero-order valence-corrected chi connectivity index (χ0v) is 8.39. The summed E-state index contributed by atoms with van der Waals surface area (Å²) >= 11 is 6.65. The molecule has 3 nitrogen and oxygen atoms in total. The Labute approximate surface area is 79.0 Å². The van der Waals surface area contributed by atoms with Gasteiger partial charge in [0.1, 0.15) is 0 Å². The van der Waals surface area contributed by atoms with Crippen molar-refractivity contribution in [2.24, 2.45) is 0 Å². The van der Waals surface area contributed by atoms with Crippen LogP contribution in [0.5, 0.6) is 0 Å². The lowest BCUT2D eigenvalue weighted by molar-refractivity contribution is 0.315. The summed E-state index contributed by atoms with van der Waals surface area (Å²) in [7, 11) is 0. The Hall–Kier alpha value is -0.420. The molecule has 11 heavy (non-hydrogen) atoms. The van der Waals surface area contributed by atoms with Gasteiger partial charge in [-0.3, -0.25) is 0 Å². The molecular formula is C6H2Br2N2O. The number of benzene rings is 1. The Morgan fingerprint density at radius 3 is 1.91 bits per heavy atom. The van der Waals surface area contributed by atoms with Gasteiger partial charge in [-0.15, -0.1) is 0 Å². The first kappa shape index (κ1) is 7.24. The van der Waals surface area contributed by atoms with Gasteiger partial charge in [0.2, 0.25) is 0 Å². The van der Waals surface area contributed by atoms with Crippen LogP contribution in [-0.2, 0) is 0 Å². The number of halogens is 2. The average Bonchev–Trinajstić information content (AvgIpc) is 2.45. The molecule has 0 N–H and O–H groups in total. The quantitative estimate of drug-likeness (QED) is 0.743. The second-order valence-corrected chi connectivity index (χ2v) is 3.70. The van der Waals surface area contributed by atoms with Crippen molar-refractivity contribution in [3.05, 3.63) is 21.1 Å². The molecule has 0 aliphatic rings. The summed E-state index contributed by atoms with van der Waals surface area (Å²) < 4.78 is 6.34. The van der Waals surface area contributed by atoms with Gasteiger partial charge >= 0.3 is 0 Å². The van der Waals surface area contributed by atoms with Gasteiger partial charge in [-0.05, 0) is 54.3 Å². The highest BCUT2D eigenvalue weighted by Crippen LogP contribution is 2.26. The molecule has 0 aliphatic heterocycles. The van der Waals surface area contributed by atoms with Gasteiger partial charge in [-0.25, -0.2) is 4.63 Å². The van der Waals surface area contributed by atoms with E-state index in [1.54, 1.807) is 0 Å². The van der Waals surface area contributed by atoms with E-state index in [0.29, 0.717) is 0 Å². The first-order valence-electron chi connectivity index (χ1n) is 2.85. The molecule has 0 atom stereocenters. The second kappa shape index (κ2) is 2.57. The first-order chi connectivity index (χ1) is 5.29. The van der Waals surface area contributed by atoms with E-state index in [2.05, 4.69) is 46.8 Å². The molecule has 1 aromatic heterocycles. The fourth-order valence-electron chi connectivity index (χ4n) is 0.806. The highest BCUT2D eigenvalue weighted by molar-refractivity contribution is 9.11. The number of nitrogens with zero attached hydrogens (tertiary/aromatic N) is 2. The Bertz CT molecular complexity index is 362. The third kappa shape index (κ3) is 1.08. The number of aromatic nitrogens is 2. The topological polar surface area (TPSA) is 38.9 Å². The lowest BCUT2D eigenvalue weighted by atomic mass is 10.3. The molecule has 1 heterocycles. The molecule has 2 rings (SSSR count). The summed E-state index contributed by atoms with van der Waals surface area (Å²) in [5, 5.41) is 7.43. The van der Waals surface area contributed by atoms with Crippen LogP contribution < -0.4 is 0 Å². The smallest absolute Gasteiger partial charge is 0.150 e. The summed E-state index contributed by atoms with van der Waals surface area (Å²) in [4.78, 5) is 0. The molecule has 5 heteroatoms. The van der Waals surface area contributed by atoms with Crippen molar-refractivity contribution >= 4 is 42.9 Å². The summed E-state index contributed by atoms with van der Waals surface area (Å²) in [6.07, 6.45) is 0. The third-order valence-electron chi connectivity index (χ3n) is 1.32. The van der Waals surface area contributed by atoms with E-state index >= 15 is 0 Å². The van der Waals surface area contributed by atoms with Crippen molar-refractivity contribution in [2.75, 3.05) is 0 Å². The van der Waals surface area contributed by atoms with E-state index in [-0.39, 0.29) is 0 Å². The van der Waals surface area contributed by atoms with E-state index < -0.39 is 0 Å². The van der Waals surface area contributed by atoms with Gasteiger partial charge in [0.25, 0.3) is 0 Å². The van der Waals surface area contributed by atoms with E-state index in [4.69, 9.17) is 0 Å². The summed E-state index contributed by atoms with van der Waals surface area (Å²) in [6, 6.07) is 3.77. The minimum Gasteiger partial charge on any atom is -0.243 e. The lowest BCUT2D eigenvalue weighted by Crippen LogP contribution is -1.73. The number of hydrogen-bond donors (Lipinski definition) is 0.